The fourth-order valence-corrected chi connectivity index (χ4v) is 3.40. The summed E-state index contributed by atoms with van der Waals surface area (Å²) in [6.45, 7) is 0.534. The molecular formula is C23H23N3O2S. The molecule has 3 aromatic carbocycles. The highest BCUT2D eigenvalue weighted by atomic mass is 32.2. The third kappa shape index (κ3) is 5.86. The average Bonchev–Trinajstić information content (AvgIpc) is 2.77. The zero-order chi connectivity index (χ0) is 20.5. The Morgan fingerprint density at radius 2 is 1.48 bits per heavy atom. The Bertz CT molecular complexity index is 977. The number of para-hydroxylation sites is 2. The molecule has 0 atom stereocenters. The molecule has 0 aliphatic rings. The average molecular weight is 406 g/mol. The Morgan fingerprint density at radius 1 is 0.828 bits per heavy atom. The van der Waals surface area contributed by atoms with Crippen molar-refractivity contribution in [3.05, 3.63) is 90.0 Å². The van der Waals surface area contributed by atoms with Gasteiger partial charge in [0, 0.05) is 17.1 Å². The van der Waals surface area contributed by atoms with Crippen LogP contribution in [-0.4, -0.2) is 24.6 Å². The number of thioether (sulfide) groups is 1. The minimum Gasteiger partial charge on any atom is -0.375 e. The van der Waals surface area contributed by atoms with Gasteiger partial charge < -0.3 is 16.0 Å². The first-order valence-electron chi connectivity index (χ1n) is 9.25. The van der Waals surface area contributed by atoms with Gasteiger partial charge in [0.1, 0.15) is 0 Å². The molecule has 0 spiro atoms. The minimum absolute atomic E-state index is 0.109. The first kappa shape index (κ1) is 20.5. The predicted octanol–water partition coefficient (Wildman–Crippen LogP) is 4.39. The van der Waals surface area contributed by atoms with E-state index < -0.39 is 0 Å². The fraction of sp³-hybridized carbons (Fsp3) is 0.130. The Morgan fingerprint density at radius 3 is 2.24 bits per heavy atom. The summed E-state index contributed by atoms with van der Waals surface area (Å²) in [5.74, 6) is -0.449. The Kier molecular flexibility index (Phi) is 7.30. The molecule has 0 bridgehead atoms. The first-order valence-corrected chi connectivity index (χ1v) is 10.5. The summed E-state index contributed by atoms with van der Waals surface area (Å²) in [6.07, 6.45) is 1.99. The maximum Gasteiger partial charge on any atom is 0.253 e. The van der Waals surface area contributed by atoms with Crippen LogP contribution >= 0.6 is 11.8 Å². The van der Waals surface area contributed by atoms with Crippen LogP contribution < -0.4 is 16.0 Å². The molecule has 0 aliphatic heterocycles. The molecule has 0 aliphatic carbocycles. The Balaban J connectivity index is 1.60. The van der Waals surface area contributed by atoms with E-state index in [2.05, 4.69) is 16.0 Å². The van der Waals surface area contributed by atoms with Crippen LogP contribution in [0.4, 0.5) is 11.4 Å². The smallest absolute Gasteiger partial charge is 0.253 e. The van der Waals surface area contributed by atoms with Crippen LogP contribution in [0.1, 0.15) is 15.9 Å². The van der Waals surface area contributed by atoms with E-state index >= 15 is 0 Å². The van der Waals surface area contributed by atoms with Crippen molar-refractivity contribution in [3.8, 4) is 0 Å². The minimum atomic E-state index is -0.231. The first-order chi connectivity index (χ1) is 14.2. The monoisotopic (exact) mass is 405 g/mol. The molecule has 0 radical (unpaired) electrons. The third-order valence-electron chi connectivity index (χ3n) is 4.29. The molecule has 3 rings (SSSR count). The van der Waals surface area contributed by atoms with E-state index in [0.717, 1.165) is 16.1 Å². The van der Waals surface area contributed by atoms with Gasteiger partial charge in [-0.25, -0.2) is 0 Å². The SMILES string of the molecule is CSc1ccccc1NCC(=O)Nc1ccccc1C(=O)NCc1ccccc1. The molecule has 148 valence electrons. The highest BCUT2D eigenvalue weighted by Crippen LogP contribution is 2.24. The van der Waals surface area contributed by atoms with Crippen molar-refractivity contribution in [2.45, 2.75) is 11.4 Å². The maximum atomic E-state index is 12.6. The van der Waals surface area contributed by atoms with Gasteiger partial charge in [0.15, 0.2) is 0 Å². The van der Waals surface area contributed by atoms with Gasteiger partial charge in [0.05, 0.1) is 17.8 Å². The van der Waals surface area contributed by atoms with Crippen molar-refractivity contribution >= 4 is 35.0 Å². The molecule has 0 saturated heterocycles. The number of hydrogen-bond acceptors (Lipinski definition) is 4. The van der Waals surface area contributed by atoms with Gasteiger partial charge in [-0.2, -0.15) is 0 Å². The molecule has 29 heavy (non-hydrogen) atoms. The van der Waals surface area contributed by atoms with E-state index in [1.807, 2.05) is 60.9 Å². The van der Waals surface area contributed by atoms with E-state index in [0.29, 0.717) is 17.8 Å². The molecule has 5 nitrogen and oxygen atoms in total. The van der Waals surface area contributed by atoms with E-state index in [4.69, 9.17) is 0 Å². The lowest BCUT2D eigenvalue weighted by Crippen LogP contribution is -2.26. The lowest BCUT2D eigenvalue weighted by atomic mass is 10.1. The standard InChI is InChI=1S/C23H23N3O2S/c1-29-21-14-8-7-13-20(21)24-16-22(27)26-19-12-6-5-11-18(19)23(28)25-15-17-9-3-2-4-10-17/h2-14,24H,15-16H2,1H3,(H,25,28)(H,26,27). The predicted molar refractivity (Wildman–Crippen MR) is 119 cm³/mol. The van der Waals surface area contributed by atoms with Gasteiger partial charge in [-0.1, -0.05) is 54.6 Å². The largest absolute Gasteiger partial charge is 0.375 e. The van der Waals surface area contributed by atoms with Crippen molar-refractivity contribution in [2.24, 2.45) is 0 Å². The van der Waals surface area contributed by atoms with Crippen LogP contribution in [0.25, 0.3) is 0 Å². The zero-order valence-corrected chi connectivity index (χ0v) is 17.0. The number of carbonyl (C=O) groups is 2. The highest BCUT2D eigenvalue weighted by molar-refractivity contribution is 7.98. The second-order valence-electron chi connectivity index (χ2n) is 6.32. The molecule has 0 heterocycles. The second-order valence-corrected chi connectivity index (χ2v) is 7.16. The molecule has 0 fully saturated rings. The van der Waals surface area contributed by atoms with E-state index in [-0.39, 0.29) is 18.4 Å². The normalized spacial score (nSPS) is 10.2. The number of anilines is 2. The third-order valence-corrected chi connectivity index (χ3v) is 5.08. The number of amides is 2. The summed E-state index contributed by atoms with van der Waals surface area (Å²) in [7, 11) is 0. The highest BCUT2D eigenvalue weighted by Gasteiger charge is 2.13. The van der Waals surface area contributed by atoms with Crippen LogP contribution in [0.2, 0.25) is 0 Å². The summed E-state index contributed by atoms with van der Waals surface area (Å²) >= 11 is 1.61. The molecule has 3 N–H and O–H groups in total. The summed E-state index contributed by atoms with van der Waals surface area (Å²) in [5, 5.41) is 8.87. The fourth-order valence-electron chi connectivity index (χ4n) is 2.82. The van der Waals surface area contributed by atoms with Gasteiger partial charge >= 0.3 is 0 Å². The number of hydrogen-bond donors (Lipinski definition) is 3. The van der Waals surface area contributed by atoms with Gasteiger partial charge in [-0.3, -0.25) is 9.59 Å². The van der Waals surface area contributed by atoms with Crippen LogP contribution in [0, 0.1) is 0 Å². The molecule has 6 heteroatoms. The van der Waals surface area contributed by atoms with E-state index in [1.54, 1.807) is 36.0 Å². The van der Waals surface area contributed by atoms with Gasteiger partial charge in [-0.15, -0.1) is 11.8 Å². The van der Waals surface area contributed by atoms with Gasteiger partial charge in [0.2, 0.25) is 5.91 Å². The van der Waals surface area contributed by atoms with Crippen molar-refractivity contribution < 1.29 is 9.59 Å². The van der Waals surface area contributed by atoms with E-state index in [9.17, 15) is 9.59 Å². The lowest BCUT2D eigenvalue weighted by Gasteiger charge is -2.13. The molecule has 0 aromatic heterocycles. The molecular weight excluding hydrogens is 382 g/mol. The van der Waals surface area contributed by atoms with Crippen LogP contribution in [0.5, 0.6) is 0 Å². The van der Waals surface area contributed by atoms with Crippen LogP contribution in [-0.2, 0) is 11.3 Å². The summed E-state index contributed by atoms with van der Waals surface area (Å²) in [5.41, 5.74) is 2.84. The molecule has 0 unspecified atom stereocenters. The van der Waals surface area contributed by atoms with Crippen LogP contribution in [0.15, 0.2) is 83.8 Å². The van der Waals surface area contributed by atoms with Crippen LogP contribution in [0.3, 0.4) is 0 Å². The summed E-state index contributed by atoms with van der Waals surface area (Å²) < 4.78 is 0. The second kappa shape index (κ2) is 10.3. The number of carbonyl (C=O) groups excluding carboxylic acids is 2. The summed E-state index contributed by atoms with van der Waals surface area (Å²) in [6, 6.07) is 24.5. The van der Waals surface area contributed by atoms with Crippen molar-refractivity contribution in [2.75, 3.05) is 23.4 Å². The molecule has 0 saturated carbocycles. The molecule has 2 amide bonds. The number of rotatable bonds is 8. The van der Waals surface area contributed by atoms with E-state index in [1.165, 1.54) is 0 Å². The topological polar surface area (TPSA) is 70.2 Å². The van der Waals surface area contributed by atoms with Crippen molar-refractivity contribution in [1.82, 2.24) is 5.32 Å². The van der Waals surface area contributed by atoms with Crippen molar-refractivity contribution in [1.29, 1.82) is 0 Å². The zero-order valence-electron chi connectivity index (χ0n) is 16.1. The maximum absolute atomic E-state index is 12.6. The quantitative estimate of drug-likeness (QED) is 0.486. The Labute approximate surface area is 174 Å². The Hall–Kier alpha value is -3.25. The summed E-state index contributed by atoms with van der Waals surface area (Å²) in [4.78, 5) is 26.1. The van der Waals surface area contributed by atoms with Gasteiger partial charge in [0.25, 0.3) is 5.91 Å². The lowest BCUT2D eigenvalue weighted by molar-refractivity contribution is -0.114. The van der Waals surface area contributed by atoms with Crippen molar-refractivity contribution in [3.63, 3.8) is 0 Å². The number of nitrogens with one attached hydrogen (secondary N) is 3. The number of benzene rings is 3. The molecule has 3 aromatic rings. The van der Waals surface area contributed by atoms with Gasteiger partial charge in [-0.05, 0) is 36.1 Å².